The summed E-state index contributed by atoms with van der Waals surface area (Å²) in [5, 5.41) is 10.9. The van der Waals surface area contributed by atoms with Gasteiger partial charge in [0, 0.05) is 7.05 Å². The van der Waals surface area contributed by atoms with Crippen LogP contribution in [0.4, 0.5) is 5.69 Å². The van der Waals surface area contributed by atoms with E-state index in [0.29, 0.717) is 12.3 Å². The van der Waals surface area contributed by atoms with Crippen molar-refractivity contribution in [1.82, 2.24) is 15.0 Å². The molecule has 0 saturated heterocycles. The first-order chi connectivity index (χ1) is 9.66. The van der Waals surface area contributed by atoms with Crippen molar-refractivity contribution in [1.29, 1.82) is 0 Å². The van der Waals surface area contributed by atoms with Gasteiger partial charge in [-0.15, -0.1) is 5.10 Å². The van der Waals surface area contributed by atoms with Gasteiger partial charge in [0.1, 0.15) is 5.75 Å². The number of nitrogens with zero attached hydrogens (tertiary/aromatic N) is 3. The van der Waals surface area contributed by atoms with Gasteiger partial charge >= 0.3 is 0 Å². The summed E-state index contributed by atoms with van der Waals surface area (Å²) in [5.41, 5.74) is 6.88. The highest BCUT2D eigenvalue weighted by Crippen LogP contribution is 2.24. The van der Waals surface area contributed by atoms with Crippen LogP contribution in [0.3, 0.4) is 0 Å². The Morgan fingerprint density at radius 2 is 2.25 bits per heavy atom. The summed E-state index contributed by atoms with van der Waals surface area (Å²) in [7, 11) is 1.83. The zero-order valence-electron chi connectivity index (χ0n) is 11.2. The lowest BCUT2D eigenvalue weighted by molar-refractivity contribution is -0.118. The second-order valence-corrected chi connectivity index (χ2v) is 4.26. The molecular formula is C13H17N5O2. The van der Waals surface area contributed by atoms with Crippen LogP contribution >= 0.6 is 0 Å². The van der Waals surface area contributed by atoms with Gasteiger partial charge in [-0.05, 0) is 12.1 Å². The number of carbonyl (C=O) groups excluding carboxylic acids is 1. The van der Waals surface area contributed by atoms with Gasteiger partial charge in [0.25, 0.3) is 0 Å². The van der Waals surface area contributed by atoms with Crippen molar-refractivity contribution >= 4 is 11.6 Å². The van der Waals surface area contributed by atoms with E-state index in [-0.39, 0.29) is 18.9 Å². The largest absolute Gasteiger partial charge is 0.491 e. The van der Waals surface area contributed by atoms with E-state index in [4.69, 9.17) is 10.5 Å². The van der Waals surface area contributed by atoms with Crippen LogP contribution in [-0.2, 0) is 18.4 Å². The summed E-state index contributed by atoms with van der Waals surface area (Å²) in [6, 6.07) is 7.52. The number of hydrogen-bond donors (Lipinski definition) is 2. The third kappa shape index (κ3) is 3.71. The van der Waals surface area contributed by atoms with E-state index in [0.717, 1.165) is 11.4 Å². The molecule has 1 heterocycles. The number of primary amides is 1. The first kappa shape index (κ1) is 13.9. The number of nitrogens with two attached hydrogens (primary N) is 1. The minimum atomic E-state index is -0.378. The number of amides is 1. The molecule has 3 N–H and O–H groups in total. The molecular weight excluding hydrogens is 258 g/mol. The summed E-state index contributed by atoms with van der Waals surface area (Å²) in [5.74, 6) is 0.306. The number of rotatable bonds is 7. The molecule has 7 heteroatoms. The number of aryl methyl sites for hydroxylation is 1. The molecule has 1 aromatic carbocycles. The second-order valence-electron chi connectivity index (χ2n) is 4.26. The van der Waals surface area contributed by atoms with Crippen LogP contribution in [0.2, 0.25) is 0 Å². The van der Waals surface area contributed by atoms with E-state index in [1.54, 1.807) is 10.9 Å². The van der Waals surface area contributed by atoms with E-state index >= 15 is 0 Å². The van der Waals surface area contributed by atoms with Crippen LogP contribution in [-0.4, -0.2) is 27.5 Å². The fourth-order valence-corrected chi connectivity index (χ4v) is 1.66. The number of hydrogen-bond acceptors (Lipinski definition) is 5. The summed E-state index contributed by atoms with van der Waals surface area (Å²) >= 11 is 0. The maximum Gasteiger partial charge on any atom is 0.220 e. The average Bonchev–Trinajstić information content (AvgIpc) is 2.83. The maximum atomic E-state index is 10.7. The van der Waals surface area contributed by atoms with Gasteiger partial charge in [-0.2, -0.15) is 0 Å². The number of benzene rings is 1. The van der Waals surface area contributed by atoms with Crippen molar-refractivity contribution in [2.45, 2.75) is 13.0 Å². The molecule has 7 nitrogen and oxygen atoms in total. The number of ether oxygens (including phenoxy) is 1. The summed E-state index contributed by atoms with van der Waals surface area (Å²) in [6.45, 7) is 0.848. The van der Waals surface area contributed by atoms with Crippen LogP contribution in [0.5, 0.6) is 5.75 Å². The highest BCUT2D eigenvalue weighted by molar-refractivity contribution is 5.73. The van der Waals surface area contributed by atoms with Gasteiger partial charge in [-0.25, -0.2) is 0 Å². The lowest BCUT2D eigenvalue weighted by atomic mass is 10.3. The third-order valence-electron chi connectivity index (χ3n) is 2.76. The van der Waals surface area contributed by atoms with Crippen molar-refractivity contribution in [3.8, 4) is 5.75 Å². The van der Waals surface area contributed by atoms with Crippen molar-refractivity contribution < 1.29 is 9.53 Å². The zero-order chi connectivity index (χ0) is 14.4. The number of carbonyl (C=O) groups is 1. The molecule has 0 saturated carbocycles. The molecule has 0 fully saturated rings. The number of nitrogens with one attached hydrogen (secondary N) is 1. The Morgan fingerprint density at radius 1 is 1.45 bits per heavy atom. The van der Waals surface area contributed by atoms with Crippen molar-refractivity contribution in [2.24, 2.45) is 12.8 Å². The maximum absolute atomic E-state index is 10.7. The zero-order valence-corrected chi connectivity index (χ0v) is 11.2. The molecule has 0 aliphatic heterocycles. The predicted molar refractivity (Wildman–Crippen MR) is 74.1 cm³/mol. The van der Waals surface area contributed by atoms with Gasteiger partial charge in [0.05, 0.1) is 37.2 Å². The van der Waals surface area contributed by atoms with Crippen molar-refractivity contribution in [2.75, 3.05) is 11.9 Å². The smallest absolute Gasteiger partial charge is 0.220 e. The predicted octanol–water partition coefficient (Wildman–Crippen LogP) is 0.681. The van der Waals surface area contributed by atoms with Gasteiger partial charge in [0.2, 0.25) is 5.91 Å². The van der Waals surface area contributed by atoms with Crippen LogP contribution in [0.15, 0.2) is 30.5 Å². The minimum absolute atomic E-state index is 0.194. The van der Waals surface area contributed by atoms with Crippen molar-refractivity contribution in [3.63, 3.8) is 0 Å². The fourth-order valence-electron chi connectivity index (χ4n) is 1.66. The Kier molecular flexibility index (Phi) is 4.54. The Labute approximate surface area is 116 Å². The standard InChI is InChI=1S/C13H17N5O2/c1-18-10(9-16-17-18)8-15-11-4-2-3-5-12(11)20-7-6-13(14)19/h2-5,9,15H,6-8H2,1H3,(H2,14,19). The Bertz CT molecular complexity index is 582. The summed E-state index contributed by atoms with van der Waals surface area (Å²) in [4.78, 5) is 10.7. The van der Waals surface area contributed by atoms with Crippen LogP contribution in [0, 0.1) is 0 Å². The van der Waals surface area contributed by atoms with E-state index in [9.17, 15) is 4.79 Å². The first-order valence-electron chi connectivity index (χ1n) is 6.24. The number of anilines is 1. The van der Waals surface area contributed by atoms with Crippen LogP contribution in [0.1, 0.15) is 12.1 Å². The molecule has 0 unspecified atom stereocenters. The Balaban J connectivity index is 1.97. The van der Waals surface area contributed by atoms with Gasteiger partial charge in [0.15, 0.2) is 0 Å². The molecule has 0 radical (unpaired) electrons. The fraction of sp³-hybridized carbons (Fsp3) is 0.308. The molecule has 0 aliphatic carbocycles. The highest BCUT2D eigenvalue weighted by Gasteiger charge is 2.05. The third-order valence-corrected chi connectivity index (χ3v) is 2.76. The van der Waals surface area contributed by atoms with Crippen LogP contribution < -0.4 is 15.8 Å². The molecule has 1 aromatic heterocycles. The lowest BCUT2D eigenvalue weighted by Crippen LogP contribution is -2.15. The molecule has 0 spiro atoms. The minimum Gasteiger partial charge on any atom is -0.491 e. The van der Waals surface area contributed by atoms with Gasteiger partial charge in [-0.3, -0.25) is 9.48 Å². The monoisotopic (exact) mass is 275 g/mol. The molecule has 2 rings (SSSR count). The molecule has 20 heavy (non-hydrogen) atoms. The van der Waals surface area contributed by atoms with Crippen molar-refractivity contribution in [3.05, 3.63) is 36.2 Å². The Hall–Kier alpha value is -2.57. The second kappa shape index (κ2) is 6.55. The molecule has 106 valence electrons. The van der Waals surface area contributed by atoms with Gasteiger partial charge < -0.3 is 15.8 Å². The van der Waals surface area contributed by atoms with Gasteiger partial charge in [-0.1, -0.05) is 17.3 Å². The summed E-state index contributed by atoms with van der Waals surface area (Å²) < 4.78 is 7.24. The molecule has 2 aromatic rings. The van der Waals surface area contributed by atoms with E-state index < -0.39 is 0 Å². The molecule has 0 aliphatic rings. The van der Waals surface area contributed by atoms with Crippen LogP contribution in [0.25, 0.3) is 0 Å². The highest BCUT2D eigenvalue weighted by atomic mass is 16.5. The number of aromatic nitrogens is 3. The van der Waals surface area contributed by atoms with E-state index in [1.165, 1.54) is 0 Å². The first-order valence-corrected chi connectivity index (χ1v) is 6.24. The van der Waals surface area contributed by atoms with E-state index in [2.05, 4.69) is 15.6 Å². The normalized spacial score (nSPS) is 10.2. The number of para-hydroxylation sites is 2. The average molecular weight is 275 g/mol. The lowest BCUT2D eigenvalue weighted by Gasteiger charge is -2.12. The Morgan fingerprint density at radius 3 is 2.95 bits per heavy atom. The molecule has 0 atom stereocenters. The van der Waals surface area contributed by atoms with E-state index in [1.807, 2.05) is 31.3 Å². The quantitative estimate of drug-likeness (QED) is 0.775. The topological polar surface area (TPSA) is 95.1 Å². The molecule has 1 amide bonds. The SMILES string of the molecule is Cn1nncc1CNc1ccccc1OCCC(N)=O. The summed E-state index contributed by atoms with van der Waals surface area (Å²) in [6.07, 6.45) is 1.89. The molecule has 0 bridgehead atoms.